The molecule has 1 saturated heterocycles. The van der Waals surface area contributed by atoms with Crippen LogP contribution < -0.4 is 5.32 Å². The van der Waals surface area contributed by atoms with Crippen LogP contribution in [0.2, 0.25) is 0 Å². The molecule has 1 amide bonds. The number of carbonyl (C=O) groups is 1. The van der Waals surface area contributed by atoms with Crippen molar-refractivity contribution in [3.63, 3.8) is 0 Å². The lowest BCUT2D eigenvalue weighted by molar-refractivity contribution is -0.126. The van der Waals surface area contributed by atoms with Crippen molar-refractivity contribution in [3.8, 4) is 11.5 Å². The maximum absolute atomic E-state index is 13.0. The molecule has 33 heavy (non-hydrogen) atoms. The molecule has 0 radical (unpaired) electrons. The van der Waals surface area contributed by atoms with Crippen LogP contribution in [0, 0.1) is 33.6 Å². The molecule has 0 unspecified atom stereocenters. The molecule has 0 aliphatic carbocycles. The van der Waals surface area contributed by atoms with E-state index in [0.29, 0.717) is 30.8 Å². The zero-order chi connectivity index (χ0) is 23.8. The number of furan rings is 1. The van der Waals surface area contributed by atoms with Gasteiger partial charge in [-0.25, -0.2) is 8.42 Å². The van der Waals surface area contributed by atoms with Crippen LogP contribution in [0.1, 0.15) is 40.8 Å². The number of piperidine rings is 1. The minimum absolute atomic E-state index is 0.0272. The monoisotopic (exact) mass is 470 g/mol. The first kappa shape index (κ1) is 23.3. The molecule has 1 aromatic carbocycles. The lowest BCUT2D eigenvalue weighted by Crippen LogP contribution is -2.42. The van der Waals surface area contributed by atoms with Gasteiger partial charge in [0.15, 0.2) is 5.76 Å². The smallest absolute Gasteiger partial charge is 0.276 e. The summed E-state index contributed by atoms with van der Waals surface area (Å²) in [5.41, 5.74) is 6.08. The summed E-state index contributed by atoms with van der Waals surface area (Å²) in [6.07, 6.45) is 0.950. The van der Waals surface area contributed by atoms with Gasteiger partial charge in [0.05, 0.1) is 0 Å². The number of rotatable bonds is 6. The SMILES string of the molecule is Cc1cc(C)c(CNC(=O)C2CCN(S(=O)(=O)c3ccc(-c4cc(C)[nH]n4)o3)CC2)c(C)c1. The van der Waals surface area contributed by atoms with Crippen LogP contribution >= 0.6 is 0 Å². The fraction of sp³-hybridized carbons (Fsp3) is 0.417. The predicted molar refractivity (Wildman–Crippen MR) is 125 cm³/mol. The Balaban J connectivity index is 1.35. The van der Waals surface area contributed by atoms with E-state index >= 15 is 0 Å². The van der Waals surface area contributed by atoms with Crippen molar-refractivity contribution in [2.45, 2.75) is 52.2 Å². The van der Waals surface area contributed by atoms with E-state index in [-0.39, 0.29) is 30.0 Å². The number of carbonyl (C=O) groups excluding carboxylic acids is 1. The first-order valence-electron chi connectivity index (χ1n) is 11.1. The van der Waals surface area contributed by atoms with E-state index in [1.54, 1.807) is 12.1 Å². The number of aryl methyl sites for hydroxylation is 4. The summed E-state index contributed by atoms with van der Waals surface area (Å²) in [5.74, 6) is 0.163. The molecule has 2 N–H and O–H groups in total. The van der Waals surface area contributed by atoms with Crippen molar-refractivity contribution < 1.29 is 17.6 Å². The molecule has 1 fully saturated rings. The van der Waals surface area contributed by atoms with Gasteiger partial charge in [-0.2, -0.15) is 9.40 Å². The molecule has 0 bridgehead atoms. The molecule has 4 rings (SSSR count). The molecule has 0 spiro atoms. The molecule has 9 heteroatoms. The Morgan fingerprint density at radius 1 is 1.12 bits per heavy atom. The van der Waals surface area contributed by atoms with Crippen LogP contribution in [-0.2, 0) is 21.4 Å². The molecule has 1 aliphatic heterocycles. The highest BCUT2D eigenvalue weighted by Gasteiger charge is 2.34. The Bertz CT molecular complexity index is 1240. The summed E-state index contributed by atoms with van der Waals surface area (Å²) in [5, 5.41) is 9.86. The van der Waals surface area contributed by atoms with Gasteiger partial charge in [0.25, 0.3) is 10.0 Å². The third kappa shape index (κ3) is 4.89. The highest BCUT2D eigenvalue weighted by atomic mass is 32.2. The molecule has 0 saturated carbocycles. The molecule has 2 aromatic heterocycles. The average Bonchev–Trinajstić information content (AvgIpc) is 3.42. The molecular formula is C24H30N4O4S. The maximum atomic E-state index is 13.0. The predicted octanol–water partition coefficient (Wildman–Crippen LogP) is 3.62. The summed E-state index contributed by atoms with van der Waals surface area (Å²) in [6.45, 7) is 9.07. The normalized spacial score (nSPS) is 15.6. The third-order valence-corrected chi connectivity index (χ3v) is 8.01. The van der Waals surface area contributed by atoms with Gasteiger partial charge in [-0.15, -0.1) is 0 Å². The van der Waals surface area contributed by atoms with Gasteiger partial charge in [0.2, 0.25) is 11.0 Å². The molecule has 3 aromatic rings. The number of benzene rings is 1. The number of nitrogens with one attached hydrogen (secondary N) is 2. The Morgan fingerprint density at radius 2 is 1.79 bits per heavy atom. The number of hydrogen-bond acceptors (Lipinski definition) is 5. The van der Waals surface area contributed by atoms with E-state index < -0.39 is 10.0 Å². The molecule has 176 valence electrons. The summed E-state index contributed by atoms with van der Waals surface area (Å²) in [4.78, 5) is 12.7. The Hall–Kier alpha value is -2.91. The Labute approximate surface area is 194 Å². The number of aromatic amines is 1. The van der Waals surface area contributed by atoms with E-state index in [4.69, 9.17) is 4.42 Å². The molecule has 8 nitrogen and oxygen atoms in total. The zero-order valence-electron chi connectivity index (χ0n) is 19.4. The van der Waals surface area contributed by atoms with Crippen LogP contribution in [-0.4, -0.2) is 41.9 Å². The van der Waals surface area contributed by atoms with Crippen molar-refractivity contribution in [3.05, 3.63) is 58.3 Å². The minimum Gasteiger partial charge on any atom is -0.442 e. The van der Waals surface area contributed by atoms with Crippen LogP contribution in [0.3, 0.4) is 0 Å². The van der Waals surface area contributed by atoms with Gasteiger partial charge in [-0.1, -0.05) is 17.7 Å². The molecule has 1 aliphatic rings. The van der Waals surface area contributed by atoms with Gasteiger partial charge in [-0.05, 0) is 75.4 Å². The standard InChI is InChI=1S/C24H30N4O4S/c1-15-11-16(2)20(17(3)12-15)14-25-24(29)19-7-9-28(10-8-19)33(30,31)23-6-5-22(32-23)21-13-18(4)26-27-21/h5-6,11-13,19H,7-10,14H2,1-4H3,(H,25,29)(H,26,27). The summed E-state index contributed by atoms with van der Waals surface area (Å²) >= 11 is 0. The van der Waals surface area contributed by atoms with Crippen molar-refractivity contribution in [1.82, 2.24) is 19.8 Å². The van der Waals surface area contributed by atoms with E-state index in [2.05, 4.69) is 48.4 Å². The Kier molecular flexibility index (Phi) is 6.45. The number of nitrogens with zero attached hydrogens (tertiary/aromatic N) is 2. The van der Waals surface area contributed by atoms with Crippen molar-refractivity contribution in [2.24, 2.45) is 5.92 Å². The topological polar surface area (TPSA) is 108 Å². The summed E-state index contributed by atoms with van der Waals surface area (Å²) in [6, 6.07) is 9.09. The second-order valence-corrected chi connectivity index (χ2v) is 10.7. The highest BCUT2D eigenvalue weighted by Crippen LogP contribution is 2.28. The quantitative estimate of drug-likeness (QED) is 0.572. The zero-order valence-corrected chi connectivity index (χ0v) is 20.3. The lowest BCUT2D eigenvalue weighted by Gasteiger charge is -2.30. The second-order valence-electron chi connectivity index (χ2n) is 8.83. The molecule has 3 heterocycles. The van der Waals surface area contributed by atoms with Crippen LogP contribution in [0.5, 0.6) is 0 Å². The molecular weight excluding hydrogens is 440 g/mol. The van der Waals surface area contributed by atoms with Gasteiger partial charge in [-0.3, -0.25) is 9.89 Å². The van der Waals surface area contributed by atoms with Crippen LogP contribution in [0.25, 0.3) is 11.5 Å². The van der Waals surface area contributed by atoms with Crippen molar-refractivity contribution >= 4 is 15.9 Å². The number of H-pyrrole nitrogens is 1. The van der Waals surface area contributed by atoms with E-state index in [1.165, 1.54) is 15.9 Å². The lowest BCUT2D eigenvalue weighted by atomic mass is 9.96. The number of sulfonamides is 1. The highest BCUT2D eigenvalue weighted by molar-refractivity contribution is 7.89. The number of amides is 1. The number of hydrogen-bond donors (Lipinski definition) is 2. The maximum Gasteiger partial charge on any atom is 0.276 e. The third-order valence-electron chi connectivity index (χ3n) is 6.24. The summed E-state index contributed by atoms with van der Waals surface area (Å²) < 4.78 is 33.1. The fourth-order valence-electron chi connectivity index (χ4n) is 4.43. The van der Waals surface area contributed by atoms with Gasteiger partial charge >= 0.3 is 0 Å². The largest absolute Gasteiger partial charge is 0.442 e. The van der Waals surface area contributed by atoms with Crippen molar-refractivity contribution in [2.75, 3.05) is 13.1 Å². The average molecular weight is 471 g/mol. The molecule has 0 atom stereocenters. The summed E-state index contributed by atoms with van der Waals surface area (Å²) in [7, 11) is -3.77. The first-order valence-corrected chi connectivity index (χ1v) is 12.6. The number of aromatic nitrogens is 2. The minimum atomic E-state index is -3.77. The van der Waals surface area contributed by atoms with Gasteiger partial charge in [0.1, 0.15) is 5.69 Å². The van der Waals surface area contributed by atoms with E-state index in [9.17, 15) is 13.2 Å². The first-order chi connectivity index (χ1) is 15.6. The van der Waals surface area contributed by atoms with Gasteiger partial charge in [0, 0.05) is 31.2 Å². The van der Waals surface area contributed by atoms with Crippen molar-refractivity contribution in [1.29, 1.82) is 0 Å². The van der Waals surface area contributed by atoms with E-state index in [0.717, 1.165) is 22.4 Å². The fourth-order valence-corrected chi connectivity index (χ4v) is 5.82. The van der Waals surface area contributed by atoms with Crippen LogP contribution in [0.15, 0.2) is 39.8 Å². The Morgan fingerprint density at radius 3 is 2.39 bits per heavy atom. The van der Waals surface area contributed by atoms with Gasteiger partial charge < -0.3 is 9.73 Å². The van der Waals surface area contributed by atoms with Crippen LogP contribution in [0.4, 0.5) is 0 Å². The van der Waals surface area contributed by atoms with E-state index in [1.807, 2.05) is 6.92 Å². The second kappa shape index (κ2) is 9.15.